The smallest absolute Gasteiger partial charge is 0.325 e. The molecule has 1 saturated heterocycles. The van der Waals surface area contributed by atoms with Crippen molar-refractivity contribution in [3.8, 4) is 11.3 Å². The molecule has 1 aliphatic rings. The fraction of sp³-hybridized carbons (Fsp3) is 0.294. The van der Waals surface area contributed by atoms with E-state index in [-0.39, 0.29) is 5.56 Å². The number of fused-ring (bicyclic) bond motifs is 1. The number of aromatic nitrogens is 5. The van der Waals surface area contributed by atoms with Gasteiger partial charge in [-0.2, -0.15) is 5.10 Å². The van der Waals surface area contributed by atoms with Gasteiger partial charge in [-0.15, -0.1) is 0 Å². The molecule has 4 rings (SSSR count). The van der Waals surface area contributed by atoms with Crippen molar-refractivity contribution in [2.45, 2.75) is 6.42 Å². The molecule has 1 aliphatic heterocycles. The molecule has 146 valence electrons. The summed E-state index contributed by atoms with van der Waals surface area (Å²) in [4.78, 5) is 34.8. The van der Waals surface area contributed by atoms with Crippen LogP contribution in [0.1, 0.15) is 6.42 Å². The first-order valence-electron chi connectivity index (χ1n) is 8.86. The number of aromatic amines is 2. The first-order valence-corrected chi connectivity index (χ1v) is 8.86. The molecule has 6 N–H and O–H groups in total. The normalized spacial score (nSPS) is 17.0. The molecule has 0 bridgehead atoms. The fourth-order valence-electron chi connectivity index (χ4n) is 3.53. The Labute approximate surface area is 159 Å². The van der Waals surface area contributed by atoms with Gasteiger partial charge in [0.2, 0.25) is 0 Å². The van der Waals surface area contributed by atoms with Crippen LogP contribution in [0, 0.1) is 5.92 Å². The van der Waals surface area contributed by atoms with E-state index in [1.165, 1.54) is 12.4 Å². The Morgan fingerprint density at radius 3 is 3.04 bits per heavy atom. The lowest BCUT2D eigenvalue weighted by Crippen LogP contribution is -2.32. The van der Waals surface area contributed by atoms with E-state index in [1.54, 1.807) is 28.1 Å². The first kappa shape index (κ1) is 17.8. The number of rotatable bonds is 5. The van der Waals surface area contributed by atoms with Crippen LogP contribution in [-0.4, -0.2) is 49.2 Å². The van der Waals surface area contributed by atoms with Crippen molar-refractivity contribution in [3.05, 3.63) is 57.9 Å². The molecule has 28 heavy (non-hydrogen) atoms. The standard InChI is InChI=1S/C17H21N9O2/c18-2-5-25(19)10-11-1-4-24(9-11)14-7-13(23-26-6-3-20-15(14)26)12-8-21-17(28)22-16(12)27/h2-3,5-8,11H,1,4,9-10,18-19H2,(H2,21,22,27,28)/b5-2-. The van der Waals surface area contributed by atoms with Crippen LogP contribution < -0.4 is 27.7 Å². The molecule has 0 amide bonds. The Hall–Kier alpha value is -3.60. The number of imidazole rings is 1. The zero-order valence-corrected chi connectivity index (χ0v) is 15.1. The Balaban J connectivity index is 1.69. The maximum Gasteiger partial charge on any atom is 0.325 e. The molecule has 11 heteroatoms. The van der Waals surface area contributed by atoms with Gasteiger partial charge in [0, 0.05) is 50.6 Å². The summed E-state index contributed by atoms with van der Waals surface area (Å²) in [5, 5.41) is 6.03. The van der Waals surface area contributed by atoms with Crippen LogP contribution in [0.2, 0.25) is 0 Å². The molecule has 1 fully saturated rings. The number of nitrogens with one attached hydrogen (secondary N) is 2. The predicted molar refractivity (Wildman–Crippen MR) is 104 cm³/mol. The van der Waals surface area contributed by atoms with Crippen LogP contribution in [0.25, 0.3) is 16.9 Å². The highest BCUT2D eigenvalue weighted by Crippen LogP contribution is 2.29. The minimum absolute atomic E-state index is 0.286. The topological polar surface area (TPSA) is 154 Å². The molecule has 1 unspecified atom stereocenters. The zero-order valence-electron chi connectivity index (χ0n) is 15.1. The van der Waals surface area contributed by atoms with Gasteiger partial charge in [0.25, 0.3) is 5.56 Å². The number of nitrogens with two attached hydrogens (primary N) is 2. The van der Waals surface area contributed by atoms with Crippen LogP contribution >= 0.6 is 0 Å². The second-order valence-electron chi connectivity index (χ2n) is 6.73. The monoisotopic (exact) mass is 383 g/mol. The Bertz CT molecular complexity index is 1130. The van der Waals surface area contributed by atoms with Crippen molar-refractivity contribution in [1.29, 1.82) is 0 Å². The van der Waals surface area contributed by atoms with Crippen molar-refractivity contribution in [2.75, 3.05) is 24.5 Å². The Morgan fingerprint density at radius 1 is 1.39 bits per heavy atom. The summed E-state index contributed by atoms with van der Waals surface area (Å²) >= 11 is 0. The highest BCUT2D eigenvalue weighted by Gasteiger charge is 2.26. The number of anilines is 1. The number of hydrazine groups is 1. The van der Waals surface area contributed by atoms with Crippen molar-refractivity contribution in [2.24, 2.45) is 17.5 Å². The summed E-state index contributed by atoms with van der Waals surface area (Å²) < 4.78 is 1.63. The summed E-state index contributed by atoms with van der Waals surface area (Å²) in [5.41, 5.74) is 6.65. The summed E-state index contributed by atoms with van der Waals surface area (Å²) in [5.74, 6) is 6.27. The lowest BCUT2D eigenvalue weighted by molar-refractivity contribution is 0.329. The van der Waals surface area contributed by atoms with Gasteiger partial charge in [0.1, 0.15) is 5.69 Å². The molecular weight excluding hydrogens is 362 g/mol. The Morgan fingerprint density at radius 2 is 2.25 bits per heavy atom. The van der Waals surface area contributed by atoms with E-state index in [4.69, 9.17) is 11.6 Å². The molecule has 3 aromatic heterocycles. The van der Waals surface area contributed by atoms with E-state index < -0.39 is 11.2 Å². The molecule has 0 aromatic carbocycles. The summed E-state index contributed by atoms with van der Waals surface area (Å²) in [7, 11) is 0. The fourth-order valence-corrected chi connectivity index (χ4v) is 3.53. The van der Waals surface area contributed by atoms with Crippen molar-refractivity contribution >= 4 is 11.3 Å². The molecule has 0 radical (unpaired) electrons. The molecule has 0 saturated carbocycles. The van der Waals surface area contributed by atoms with Crippen LogP contribution in [0.4, 0.5) is 5.69 Å². The van der Waals surface area contributed by atoms with Crippen LogP contribution in [0.5, 0.6) is 0 Å². The third-order valence-electron chi connectivity index (χ3n) is 4.81. The predicted octanol–water partition coefficient (Wildman–Crippen LogP) is -0.795. The molecule has 11 nitrogen and oxygen atoms in total. The van der Waals surface area contributed by atoms with Gasteiger partial charge < -0.3 is 20.6 Å². The number of H-pyrrole nitrogens is 2. The molecule has 0 aliphatic carbocycles. The maximum absolute atomic E-state index is 12.2. The van der Waals surface area contributed by atoms with Gasteiger partial charge in [-0.05, 0) is 18.4 Å². The van der Waals surface area contributed by atoms with Crippen molar-refractivity contribution in [3.63, 3.8) is 0 Å². The number of hydrogen-bond donors (Lipinski definition) is 4. The number of nitrogens with zero attached hydrogens (tertiary/aromatic N) is 5. The number of hydrogen-bond acceptors (Lipinski definition) is 8. The third kappa shape index (κ3) is 3.34. The largest absolute Gasteiger partial charge is 0.403 e. The average Bonchev–Trinajstić information content (AvgIpc) is 3.30. The molecular formula is C17H21N9O2. The van der Waals surface area contributed by atoms with Crippen LogP contribution in [0.15, 0.2) is 46.6 Å². The highest BCUT2D eigenvalue weighted by atomic mass is 16.2. The Kier molecular flexibility index (Phi) is 4.57. The summed E-state index contributed by atoms with van der Waals surface area (Å²) in [6.45, 7) is 2.31. The molecule has 4 heterocycles. The van der Waals surface area contributed by atoms with E-state index >= 15 is 0 Å². The van der Waals surface area contributed by atoms with E-state index in [1.807, 2.05) is 6.07 Å². The average molecular weight is 383 g/mol. The SMILES string of the molecule is N/C=C\N(N)CC1CCN(c2cc(-c3c[nH]c(=O)[nH]c3=O)nn3ccnc23)C1. The van der Waals surface area contributed by atoms with Gasteiger partial charge in [-0.25, -0.2) is 20.1 Å². The van der Waals surface area contributed by atoms with E-state index in [0.717, 1.165) is 25.2 Å². The molecule has 3 aromatic rings. The lowest BCUT2D eigenvalue weighted by atomic mass is 10.1. The molecule has 0 spiro atoms. The van der Waals surface area contributed by atoms with Gasteiger partial charge in [-0.1, -0.05) is 0 Å². The minimum atomic E-state index is -0.557. The van der Waals surface area contributed by atoms with Gasteiger partial charge in [0.15, 0.2) is 5.65 Å². The molecule has 1 atom stereocenters. The third-order valence-corrected chi connectivity index (χ3v) is 4.81. The maximum atomic E-state index is 12.2. The minimum Gasteiger partial charge on any atom is -0.403 e. The second kappa shape index (κ2) is 7.19. The van der Waals surface area contributed by atoms with E-state index in [9.17, 15) is 9.59 Å². The zero-order chi connectivity index (χ0) is 19.7. The summed E-state index contributed by atoms with van der Waals surface area (Å²) in [6.07, 6.45) is 8.78. The van der Waals surface area contributed by atoms with Crippen molar-refractivity contribution < 1.29 is 0 Å². The van der Waals surface area contributed by atoms with Crippen LogP contribution in [0.3, 0.4) is 0 Å². The van der Waals surface area contributed by atoms with E-state index in [0.29, 0.717) is 23.8 Å². The van der Waals surface area contributed by atoms with Gasteiger partial charge >= 0.3 is 5.69 Å². The van der Waals surface area contributed by atoms with Crippen LogP contribution in [-0.2, 0) is 0 Å². The quantitative estimate of drug-likeness (QED) is 0.330. The first-order chi connectivity index (χ1) is 13.5. The second-order valence-corrected chi connectivity index (χ2v) is 6.73. The van der Waals surface area contributed by atoms with Crippen molar-refractivity contribution in [1.82, 2.24) is 29.6 Å². The van der Waals surface area contributed by atoms with E-state index in [2.05, 4.69) is 25.0 Å². The lowest BCUT2D eigenvalue weighted by Gasteiger charge is -2.21. The highest BCUT2D eigenvalue weighted by molar-refractivity contribution is 5.74. The van der Waals surface area contributed by atoms with Gasteiger partial charge in [-0.3, -0.25) is 9.78 Å². The summed E-state index contributed by atoms with van der Waals surface area (Å²) in [6, 6.07) is 1.83. The van der Waals surface area contributed by atoms with Gasteiger partial charge in [0.05, 0.1) is 11.3 Å².